The van der Waals surface area contributed by atoms with Crippen molar-refractivity contribution in [2.24, 2.45) is 5.73 Å². The molecule has 0 atom stereocenters. The summed E-state index contributed by atoms with van der Waals surface area (Å²) in [6.45, 7) is 7.01. The lowest BCUT2D eigenvalue weighted by molar-refractivity contribution is -0.123. The molecule has 0 radical (unpaired) electrons. The van der Waals surface area contributed by atoms with E-state index in [-0.39, 0.29) is 35.9 Å². The van der Waals surface area contributed by atoms with Crippen LogP contribution in [-0.4, -0.2) is 79.4 Å². The summed E-state index contributed by atoms with van der Waals surface area (Å²) in [7, 11) is 5.74. The fourth-order valence-corrected chi connectivity index (χ4v) is 3.43. The summed E-state index contributed by atoms with van der Waals surface area (Å²) in [6.07, 6.45) is 4.33. The van der Waals surface area contributed by atoms with Crippen LogP contribution < -0.4 is 26.6 Å². The Kier molecular flexibility index (Phi) is 11.7. The van der Waals surface area contributed by atoms with E-state index in [4.69, 9.17) is 10.7 Å². The Morgan fingerprint density at radius 2 is 1.84 bits per heavy atom. The molecule has 1 aromatic carbocycles. The number of likely N-dealkylation sites (N-methyl/N-ethyl adjacent to an activating group) is 1. The molecule has 1 heterocycles. The number of nitrogens with zero attached hydrogens (tertiary/aromatic N) is 4. The number of amides is 3. The van der Waals surface area contributed by atoms with Crippen LogP contribution in [0.2, 0.25) is 0 Å². The number of benzene rings is 1. The molecule has 206 valence electrons. The van der Waals surface area contributed by atoms with Gasteiger partial charge in [0.25, 0.3) is 5.91 Å². The van der Waals surface area contributed by atoms with Crippen molar-refractivity contribution >= 4 is 35.0 Å². The van der Waals surface area contributed by atoms with E-state index in [1.165, 1.54) is 6.08 Å². The first-order valence-electron chi connectivity index (χ1n) is 12.7. The second-order valence-corrected chi connectivity index (χ2v) is 9.42. The number of nitrogens with one attached hydrogen (secondary N) is 3. The highest BCUT2D eigenvalue weighted by Gasteiger charge is 2.20. The Hall–Kier alpha value is -3.99. The van der Waals surface area contributed by atoms with E-state index in [2.05, 4.69) is 34.8 Å². The molecule has 0 fully saturated rings. The Balaban J connectivity index is 2.02. The van der Waals surface area contributed by atoms with Gasteiger partial charge in [0.1, 0.15) is 0 Å². The molecule has 0 bridgehead atoms. The minimum Gasteiger partial charge on any atom is -0.364 e. The Morgan fingerprint density at radius 1 is 1.11 bits per heavy atom. The maximum absolute atomic E-state index is 12.1. The zero-order valence-electron chi connectivity index (χ0n) is 23.2. The third kappa shape index (κ3) is 9.47. The highest BCUT2D eigenvalue weighted by Crippen LogP contribution is 2.25. The molecule has 3 amide bonds. The highest BCUT2D eigenvalue weighted by atomic mass is 16.2. The van der Waals surface area contributed by atoms with Crippen molar-refractivity contribution in [2.45, 2.75) is 39.7 Å². The smallest absolute Gasteiger partial charge is 0.271 e. The number of anilines is 3. The van der Waals surface area contributed by atoms with E-state index in [0.29, 0.717) is 43.1 Å². The van der Waals surface area contributed by atoms with Crippen LogP contribution in [0.4, 0.5) is 17.3 Å². The van der Waals surface area contributed by atoms with Gasteiger partial charge in [0.05, 0.1) is 12.2 Å². The van der Waals surface area contributed by atoms with Crippen LogP contribution >= 0.6 is 0 Å². The average Bonchev–Trinajstić information content (AvgIpc) is 2.86. The fourth-order valence-electron chi connectivity index (χ4n) is 3.43. The van der Waals surface area contributed by atoms with E-state index in [9.17, 15) is 14.4 Å². The summed E-state index contributed by atoms with van der Waals surface area (Å²) >= 11 is 0. The molecule has 2 rings (SSSR count). The van der Waals surface area contributed by atoms with Gasteiger partial charge in [-0.1, -0.05) is 25.1 Å². The van der Waals surface area contributed by atoms with Crippen LogP contribution in [0, 0.1) is 0 Å². The summed E-state index contributed by atoms with van der Waals surface area (Å²) in [5, 5.41) is 8.55. The van der Waals surface area contributed by atoms with Crippen LogP contribution in [0.1, 0.15) is 42.5 Å². The lowest BCUT2D eigenvalue weighted by Crippen LogP contribution is -2.37. The number of primary amides is 1. The van der Waals surface area contributed by atoms with Gasteiger partial charge in [0.2, 0.25) is 11.8 Å². The summed E-state index contributed by atoms with van der Waals surface area (Å²) in [4.78, 5) is 49.1. The van der Waals surface area contributed by atoms with E-state index in [1.54, 1.807) is 6.08 Å². The second-order valence-electron chi connectivity index (χ2n) is 9.42. The molecular weight excluding hydrogens is 484 g/mol. The summed E-state index contributed by atoms with van der Waals surface area (Å²) in [5.41, 5.74) is 8.07. The maximum Gasteiger partial charge on any atom is 0.271 e. The van der Waals surface area contributed by atoms with Crippen LogP contribution in [0.3, 0.4) is 0 Å². The van der Waals surface area contributed by atoms with Crippen molar-refractivity contribution < 1.29 is 14.4 Å². The van der Waals surface area contributed by atoms with E-state index >= 15 is 0 Å². The number of nitrogens with two attached hydrogens (primary N) is 1. The Labute approximate surface area is 224 Å². The predicted octanol–water partition coefficient (Wildman–Crippen LogP) is 1.62. The van der Waals surface area contributed by atoms with Gasteiger partial charge >= 0.3 is 0 Å². The van der Waals surface area contributed by atoms with Crippen LogP contribution in [0.15, 0.2) is 36.4 Å². The van der Waals surface area contributed by atoms with Gasteiger partial charge in [-0.2, -0.15) is 0 Å². The molecule has 0 saturated heterocycles. The third-order valence-electron chi connectivity index (χ3n) is 5.71. The number of hydrogen-bond donors (Lipinski definition) is 4. The first-order valence-corrected chi connectivity index (χ1v) is 12.7. The zero-order chi connectivity index (χ0) is 28.2. The molecule has 0 unspecified atom stereocenters. The predicted molar refractivity (Wildman–Crippen MR) is 151 cm³/mol. The molecule has 0 aliphatic heterocycles. The topological polar surface area (TPSA) is 146 Å². The molecular formula is C27H40N8O3. The Bertz CT molecular complexity index is 1150. The molecule has 0 aliphatic carbocycles. The van der Waals surface area contributed by atoms with Crippen molar-refractivity contribution in [3.05, 3.63) is 53.4 Å². The lowest BCUT2D eigenvalue weighted by Gasteiger charge is -2.25. The summed E-state index contributed by atoms with van der Waals surface area (Å²) in [5.74, 6) is -0.262. The molecule has 38 heavy (non-hydrogen) atoms. The molecule has 5 N–H and O–H groups in total. The van der Waals surface area contributed by atoms with Crippen molar-refractivity contribution in [3.63, 3.8) is 0 Å². The molecule has 0 aliphatic rings. The Morgan fingerprint density at radius 3 is 2.47 bits per heavy atom. The molecule has 1 aromatic heterocycles. The van der Waals surface area contributed by atoms with Gasteiger partial charge in [-0.3, -0.25) is 14.4 Å². The second kappa shape index (κ2) is 14.7. The number of aromatic nitrogens is 2. The number of aryl methyl sites for hydroxylation is 1. The number of carbonyl (C=O) groups excluding carboxylic acids is 3. The maximum atomic E-state index is 12.1. The number of hydrogen-bond acceptors (Lipinski definition) is 8. The molecule has 2 aromatic rings. The van der Waals surface area contributed by atoms with Crippen molar-refractivity contribution in [3.8, 4) is 0 Å². The SMILES string of the molecule is CCc1nc(C(N)=O)c(Nc2cccc(CCNC(=O)CNC(=O)/C=C/CN(C)C)c2)nc1N(C)C(C)C. The summed E-state index contributed by atoms with van der Waals surface area (Å²) in [6, 6.07) is 7.77. The molecule has 0 saturated carbocycles. The zero-order valence-corrected chi connectivity index (χ0v) is 23.2. The van der Waals surface area contributed by atoms with Gasteiger partial charge in [0.15, 0.2) is 17.3 Å². The van der Waals surface area contributed by atoms with Gasteiger partial charge < -0.3 is 31.5 Å². The van der Waals surface area contributed by atoms with E-state index < -0.39 is 5.91 Å². The molecule has 11 nitrogen and oxygen atoms in total. The first kappa shape index (κ1) is 30.2. The van der Waals surface area contributed by atoms with Crippen LogP contribution in [0.25, 0.3) is 0 Å². The van der Waals surface area contributed by atoms with Crippen molar-refractivity contribution in [1.82, 2.24) is 25.5 Å². The van der Waals surface area contributed by atoms with E-state index in [0.717, 1.165) is 5.56 Å². The number of carbonyl (C=O) groups is 3. The fraction of sp³-hybridized carbons (Fsp3) is 0.444. The van der Waals surface area contributed by atoms with Crippen molar-refractivity contribution in [1.29, 1.82) is 0 Å². The number of rotatable bonds is 14. The van der Waals surface area contributed by atoms with Gasteiger partial charge in [0, 0.05) is 37.9 Å². The standard InChI is InChI=1S/C27H40N8O3/c1-7-21-27(35(6)18(2)3)33-26(24(32-21)25(28)38)31-20-11-8-10-19(16-20)13-14-29-23(37)17-30-22(36)12-9-15-34(4)5/h8-12,16,18H,7,13-15,17H2,1-6H3,(H2,28,38)(H,29,37)(H,30,36)(H,31,33)/b12-9+. The van der Waals surface area contributed by atoms with E-state index in [1.807, 2.05) is 62.1 Å². The molecule has 0 spiro atoms. The minimum absolute atomic E-state index is 0.0824. The monoisotopic (exact) mass is 524 g/mol. The van der Waals surface area contributed by atoms with Crippen LogP contribution in [-0.2, 0) is 22.4 Å². The minimum atomic E-state index is -0.660. The van der Waals surface area contributed by atoms with Crippen LogP contribution in [0.5, 0.6) is 0 Å². The van der Waals surface area contributed by atoms with Gasteiger partial charge in [-0.25, -0.2) is 9.97 Å². The van der Waals surface area contributed by atoms with Gasteiger partial charge in [-0.15, -0.1) is 0 Å². The molecule has 11 heteroatoms. The lowest BCUT2D eigenvalue weighted by atomic mass is 10.1. The third-order valence-corrected chi connectivity index (χ3v) is 5.71. The average molecular weight is 525 g/mol. The normalized spacial score (nSPS) is 11.2. The first-order chi connectivity index (χ1) is 18.0. The van der Waals surface area contributed by atoms with Gasteiger partial charge in [-0.05, 0) is 58.5 Å². The highest BCUT2D eigenvalue weighted by molar-refractivity contribution is 5.96. The van der Waals surface area contributed by atoms with Crippen molar-refractivity contribution in [2.75, 3.05) is 51.0 Å². The quantitative estimate of drug-likeness (QED) is 0.273. The summed E-state index contributed by atoms with van der Waals surface area (Å²) < 4.78 is 0. The largest absolute Gasteiger partial charge is 0.364 e.